The lowest BCUT2D eigenvalue weighted by atomic mass is 10.2. The minimum Gasteiger partial charge on any atom is -0.380 e. The van der Waals surface area contributed by atoms with E-state index in [1.807, 2.05) is 22.9 Å². The van der Waals surface area contributed by atoms with Gasteiger partial charge in [-0.2, -0.15) is 0 Å². The quantitative estimate of drug-likeness (QED) is 0.606. The molecule has 27 heavy (non-hydrogen) atoms. The number of hydrogen-bond donors (Lipinski definition) is 1. The van der Waals surface area contributed by atoms with Gasteiger partial charge in [-0.3, -0.25) is 9.36 Å². The molecule has 0 radical (unpaired) electrons. The van der Waals surface area contributed by atoms with Gasteiger partial charge in [0.25, 0.3) is 5.56 Å². The molecule has 1 fully saturated rings. The van der Waals surface area contributed by atoms with Gasteiger partial charge in [-0.15, -0.1) is 22.7 Å². The summed E-state index contributed by atoms with van der Waals surface area (Å²) in [6.07, 6.45) is 0. The Balaban J connectivity index is 1.76. The second-order valence-corrected chi connectivity index (χ2v) is 8.33. The molecular weight excluding hydrogens is 382 g/mol. The Labute approximate surface area is 166 Å². The van der Waals surface area contributed by atoms with E-state index >= 15 is 0 Å². The number of rotatable bonds is 7. The number of thiophene rings is 2. The molecule has 6 nitrogen and oxygen atoms in total. The average Bonchev–Trinajstić information content (AvgIpc) is 3.34. The smallest absolute Gasteiger partial charge is 0.263 e. The lowest BCUT2D eigenvalue weighted by Gasteiger charge is -2.24. The van der Waals surface area contributed by atoms with Crippen molar-refractivity contribution >= 4 is 32.9 Å². The van der Waals surface area contributed by atoms with E-state index in [-0.39, 0.29) is 5.56 Å². The van der Waals surface area contributed by atoms with E-state index < -0.39 is 0 Å². The molecule has 0 aliphatic carbocycles. The minimum atomic E-state index is 0.0482. The van der Waals surface area contributed by atoms with Crippen molar-refractivity contribution in [2.75, 3.05) is 39.5 Å². The topological polar surface area (TPSA) is 57.8 Å². The van der Waals surface area contributed by atoms with Crippen molar-refractivity contribution < 1.29 is 14.4 Å². The molecule has 0 aromatic carbocycles. The average molecular weight is 407 g/mol. The summed E-state index contributed by atoms with van der Waals surface area (Å²) in [5, 5.41) is 4.83. The van der Waals surface area contributed by atoms with Crippen molar-refractivity contribution in [2.45, 2.75) is 20.0 Å². The molecule has 0 unspecified atom stereocenters. The monoisotopic (exact) mass is 406 g/mol. The third kappa shape index (κ3) is 4.00. The molecule has 4 heterocycles. The molecule has 1 aliphatic rings. The Morgan fingerprint density at radius 3 is 2.93 bits per heavy atom. The van der Waals surface area contributed by atoms with Gasteiger partial charge in [0.15, 0.2) is 5.82 Å². The van der Waals surface area contributed by atoms with Gasteiger partial charge in [-0.25, -0.2) is 4.98 Å². The summed E-state index contributed by atoms with van der Waals surface area (Å²) in [4.78, 5) is 21.7. The van der Waals surface area contributed by atoms with Gasteiger partial charge in [0.2, 0.25) is 0 Å². The zero-order valence-corrected chi connectivity index (χ0v) is 17.0. The third-order valence-electron chi connectivity index (χ3n) is 4.83. The highest BCUT2D eigenvalue weighted by Crippen LogP contribution is 2.33. The van der Waals surface area contributed by atoms with Gasteiger partial charge in [0, 0.05) is 22.4 Å². The van der Waals surface area contributed by atoms with E-state index in [9.17, 15) is 4.79 Å². The van der Waals surface area contributed by atoms with Crippen molar-refractivity contribution in [1.82, 2.24) is 9.55 Å². The number of aromatic nitrogens is 2. The molecule has 0 amide bonds. The molecule has 0 bridgehead atoms. The lowest BCUT2D eigenvalue weighted by molar-refractivity contribution is -0.922. The van der Waals surface area contributed by atoms with E-state index in [0.29, 0.717) is 19.8 Å². The van der Waals surface area contributed by atoms with Crippen molar-refractivity contribution in [1.29, 1.82) is 0 Å². The van der Waals surface area contributed by atoms with Crippen LogP contribution in [-0.4, -0.2) is 49.1 Å². The summed E-state index contributed by atoms with van der Waals surface area (Å²) in [5.41, 5.74) is 1.05. The third-order valence-corrected chi connectivity index (χ3v) is 6.61. The van der Waals surface area contributed by atoms with E-state index in [2.05, 4.69) is 11.4 Å². The maximum Gasteiger partial charge on any atom is 0.263 e. The Bertz CT molecular complexity index is 943. The van der Waals surface area contributed by atoms with Crippen LogP contribution in [0.2, 0.25) is 0 Å². The van der Waals surface area contributed by atoms with E-state index in [4.69, 9.17) is 14.5 Å². The van der Waals surface area contributed by atoms with Gasteiger partial charge >= 0.3 is 0 Å². The fourth-order valence-electron chi connectivity index (χ4n) is 3.41. The van der Waals surface area contributed by atoms with Gasteiger partial charge in [0.1, 0.15) is 24.5 Å². The van der Waals surface area contributed by atoms with Crippen molar-refractivity contribution in [3.8, 4) is 10.4 Å². The number of morpholine rings is 1. The van der Waals surface area contributed by atoms with Crippen LogP contribution in [0.15, 0.2) is 27.7 Å². The van der Waals surface area contributed by atoms with E-state index in [1.54, 1.807) is 22.7 Å². The Hall–Kier alpha value is -1.58. The van der Waals surface area contributed by atoms with Crippen LogP contribution in [-0.2, 0) is 22.6 Å². The summed E-state index contributed by atoms with van der Waals surface area (Å²) < 4.78 is 12.8. The molecule has 1 aliphatic heterocycles. The summed E-state index contributed by atoms with van der Waals surface area (Å²) in [5.74, 6) is 0.851. The Morgan fingerprint density at radius 1 is 1.33 bits per heavy atom. The van der Waals surface area contributed by atoms with Crippen LogP contribution in [0.3, 0.4) is 0 Å². The minimum absolute atomic E-state index is 0.0482. The summed E-state index contributed by atoms with van der Waals surface area (Å²) >= 11 is 3.21. The van der Waals surface area contributed by atoms with E-state index in [1.165, 1.54) is 4.90 Å². The van der Waals surface area contributed by atoms with Crippen LogP contribution in [0.1, 0.15) is 12.7 Å². The highest BCUT2D eigenvalue weighted by molar-refractivity contribution is 7.18. The SMILES string of the molecule is CCOCCn1c(C[NH+]2CCOCC2)nc2scc(-c3cccs3)c2c1=O. The van der Waals surface area contributed by atoms with Crippen LogP contribution < -0.4 is 10.5 Å². The van der Waals surface area contributed by atoms with Crippen LogP contribution >= 0.6 is 22.7 Å². The zero-order valence-electron chi connectivity index (χ0n) is 15.4. The molecule has 3 aromatic heterocycles. The number of nitrogens with one attached hydrogen (secondary N) is 1. The molecule has 1 N–H and O–H groups in total. The summed E-state index contributed by atoms with van der Waals surface area (Å²) in [7, 11) is 0. The molecule has 0 saturated carbocycles. The number of hydrogen-bond acceptors (Lipinski definition) is 6. The summed E-state index contributed by atoms with van der Waals surface area (Å²) in [6, 6.07) is 4.07. The molecule has 144 valence electrons. The first-order valence-corrected chi connectivity index (χ1v) is 11.1. The lowest BCUT2D eigenvalue weighted by Crippen LogP contribution is -3.13. The van der Waals surface area contributed by atoms with Crippen molar-refractivity contribution in [2.24, 2.45) is 0 Å². The molecular formula is C19H24N3O3S2+. The first-order chi connectivity index (χ1) is 13.3. The first kappa shape index (κ1) is 18.8. The summed E-state index contributed by atoms with van der Waals surface area (Å²) in [6.45, 7) is 7.85. The fraction of sp³-hybridized carbons (Fsp3) is 0.474. The Morgan fingerprint density at radius 2 is 2.19 bits per heavy atom. The molecule has 8 heteroatoms. The standard InChI is InChI=1S/C19H23N3O3S2/c1-2-24-10-7-22-16(12-21-5-8-25-9-6-21)20-18-17(19(22)23)14(13-27-18)15-4-3-11-26-15/h3-4,11,13H,2,5-10,12H2,1H3/p+1. The first-order valence-electron chi connectivity index (χ1n) is 9.31. The van der Waals surface area contributed by atoms with Crippen molar-refractivity contribution in [3.63, 3.8) is 0 Å². The van der Waals surface area contributed by atoms with Crippen LogP contribution in [0.5, 0.6) is 0 Å². The van der Waals surface area contributed by atoms with Gasteiger partial charge in [0.05, 0.1) is 31.8 Å². The van der Waals surface area contributed by atoms with Crippen LogP contribution in [0.4, 0.5) is 0 Å². The number of nitrogens with zero attached hydrogens (tertiary/aromatic N) is 2. The largest absolute Gasteiger partial charge is 0.380 e. The second kappa shape index (κ2) is 8.62. The highest BCUT2D eigenvalue weighted by Gasteiger charge is 2.21. The predicted molar refractivity (Wildman–Crippen MR) is 109 cm³/mol. The molecule has 4 rings (SSSR count). The number of quaternary nitrogens is 1. The van der Waals surface area contributed by atoms with Gasteiger partial charge in [-0.1, -0.05) is 6.07 Å². The highest BCUT2D eigenvalue weighted by atomic mass is 32.1. The Kier molecular flexibility index (Phi) is 5.99. The second-order valence-electron chi connectivity index (χ2n) is 6.53. The van der Waals surface area contributed by atoms with Crippen LogP contribution in [0.25, 0.3) is 20.7 Å². The normalized spacial score (nSPS) is 15.6. The van der Waals surface area contributed by atoms with Crippen molar-refractivity contribution in [3.05, 3.63) is 39.1 Å². The van der Waals surface area contributed by atoms with Crippen LogP contribution in [0, 0.1) is 0 Å². The molecule has 0 atom stereocenters. The maximum absolute atomic E-state index is 13.4. The predicted octanol–water partition coefficient (Wildman–Crippen LogP) is 1.64. The molecule has 3 aromatic rings. The maximum atomic E-state index is 13.4. The van der Waals surface area contributed by atoms with Gasteiger partial charge in [-0.05, 0) is 18.4 Å². The van der Waals surface area contributed by atoms with Gasteiger partial charge < -0.3 is 14.4 Å². The fourth-order valence-corrected chi connectivity index (χ4v) is 5.18. The van der Waals surface area contributed by atoms with E-state index in [0.717, 1.165) is 59.3 Å². The molecule has 1 saturated heterocycles. The number of ether oxygens (including phenoxy) is 2. The zero-order chi connectivity index (χ0) is 18.6. The number of fused-ring (bicyclic) bond motifs is 1. The molecule has 0 spiro atoms.